The Morgan fingerprint density at radius 1 is 0.964 bits per heavy atom. The van der Waals surface area contributed by atoms with E-state index in [9.17, 15) is 9.59 Å². The van der Waals surface area contributed by atoms with Gasteiger partial charge < -0.3 is 24.3 Å². The summed E-state index contributed by atoms with van der Waals surface area (Å²) in [6, 6.07) is 10.9. The van der Waals surface area contributed by atoms with Gasteiger partial charge in [0.2, 0.25) is 0 Å². The molecule has 1 N–H and O–H groups in total. The lowest BCUT2D eigenvalue weighted by molar-refractivity contribution is -0.147. The third kappa shape index (κ3) is 6.19. The number of carbonyl (C=O) groups is 2. The minimum atomic E-state index is -0.516. The van der Waals surface area contributed by atoms with E-state index in [1.807, 2.05) is 32.0 Å². The number of nitrogens with one attached hydrogen (secondary N) is 1. The van der Waals surface area contributed by atoms with E-state index in [0.29, 0.717) is 17.2 Å². The molecule has 0 saturated carbocycles. The van der Waals surface area contributed by atoms with Gasteiger partial charge in [0.05, 0.1) is 32.9 Å². The van der Waals surface area contributed by atoms with Crippen molar-refractivity contribution in [1.82, 2.24) is 0 Å². The second-order valence-corrected chi connectivity index (χ2v) is 6.14. The molecule has 0 bridgehead atoms. The van der Waals surface area contributed by atoms with Gasteiger partial charge in [-0.2, -0.15) is 0 Å². The molecule has 28 heavy (non-hydrogen) atoms. The van der Waals surface area contributed by atoms with Crippen LogP contribution in [-0.2, 0) is 14.3 Å². The van der Waals surface area contributed by atoms with Crippen molar-refractivity contribution < 1.29 is 28.5 Å². The Balaban J connectivity index is 1.78. The maximum atomic E-state index is 12.0. The number of amides is 1. The number of benzene rings is 2. The summed E-state index contributed by atoms with van der Waals surface area (Å²) in [7, 11) is 3.02. The van der Waals surface area contributed by atoms with Gasteiger partial charge in [-0.3, -0.25) is 9.59 Å². The standard InChI is InChI=1S/C21H25NO6/c1-14-5-6-15(2)19(11-14)27-10-9-21(24)28-13-20(23)22-17-12-16(25-3)7-8-18(17)26-4/h5-8,11-12H,9-10,13H2,1-4H3,(H,22,23). The zero-order chi connectivity index (χ0) is 20.5. The van der Waals surface area contributed by atoms with Crippen LogP contribution in [0.25, 0.3) is 0 Å². The molecule has 0 unspecified atom stereocenters. The Bertz CT molecular complexity index is 834. The fraction of sp³-hybridized carbons (Fsp3) is 0.333. The highest BCUT2D eigenvalue weighted by Crippen LogP contribution is 2.28. The largest absolute Gasteiger partial charge is 0.497 e. The van der Waals surface area contributed by atoms with Crippen LogP contribution in [0.15, 0.2) is 36.4 Å². The maximum absolute atomic E-state index is 12.0. The average Bonchev–Trinajstić information content (AvgIpc) is 2.69. The second kappa shape index (κ2) is 10.2. The highest BCUT2D eigenvalue weighted by Gasteiger charge is 2.12. The van der Waals surface area contributed by atoms with E-state index < -0.39 is 18.5 Å². The first-order valence-corrected chi connectivity index (χ1v) is 8.80. The normalized spacial score (nSPS) is 10.1. The highest BCUT2D eigenvalue weighted by atomic mass is 16.5. The Morgan fingerprint density at radius 2 is 1.75 bits per heavy atom. The van der Waals surface area contributed by atoms with Crippen molar-refractivity contribution in [2.45, 2.75) is 20.3 Å². The van der Waals surface area contributed by atoms with Gasteiger partial charge in [0, 0.05) is 6.07 Å². The molecule has 150 valence electrons. The highest BCUT2D eigenvalue weighted by molar-refractivity contribution is 5.94. The van der Waals surface area contributed by atoms with E-state index in [0.717, 1.165) is 16.9 Å². The molecule has 0 heterocycles. The van der Waals surface area contributed by atoms with Crippen LogP contribution < -0.4 is 19.5 Å². The number of hydrogen-bond donors (Lipinski definition) is 1. The number of aryl methyl sites for hydroxylation is 2. The van der Waals surface area contributed by atoms with Crippen molar-refractivity contribution in [3.63, 3.8) is 0 Å². The molecule has 2 aromatic carbocycles. The summed E-state index contributed by atoms with van der Waals surface area (Å²) in [4.78, 5) is 23.9. The monoisotopic (exact) mass is 387 g/mol. The quantitative estimate of drug-likeness (QED) is 0.665. The second-order valence-electron chi connectivity index (χ2n) is 6.14. The summed E-state index contributed by atoms with van der Waals surface area (Å²) in [5.41, 5.74) is 2.50. The number of carbonyl (C=O) groups excluding carboxylic acids is 2. The SMILES string of the molecule is COc1ccc(OC)c(NC(=O)COC(=O)CCOc2cc(C)ccc2C)c1. The number of rotatable bonds is 9. The lowest BCUT2D eigenvalue weighted by Gasteiger charge is -2.12. The van der Waals surface area contributed by atoms with E-state index in [1.165, 1.54) is 14.2 Å². The molecule has 0 fully saturated rings. The lowest BCUT2D eigenvalue weighted by atomic mass is 10.1. The van der Waals surface area contributed by atoms with Gasteiger partial charge in [-0.25, -0.2) is 0 Å². The predicted octanol–water partition coefficient (Wildman–Crippen LogP) is 3.27. The molecule has 0 saturated heterocycles. The summed E-state index contributed by atoms with van der Waals surface area (Å²) in [5, 5.41) is 2.63. The van der Waals surface area contributed by atoms with Crippen LogP contribution in [0.1, 0.15) is 17.5 Å². The molecule has 2 aromatic rings. The maximum Gasteiger partial charge on any atom is 0.309 e. The van der Waals surface area contributed by atoms with Gasteiger partial charge in [-0.05, 0) is 43.2 Å². The number of esters is 1. The zero-order valence-corrected chi connectivity index (χ0v) is 16.5. The van der Waals surface area contributed by atoms with E-state index in [1.54, 1.807) is 18.2 Å². The number of methoxy groups -OCH3 is 2. The molecule has 0 atom stereocenters. The molecule has 0 spiro atoms. The zero-order valence-electron chi connectivity index (χ0n) is 16.5. The molecule has 1 amide bonds. The van der Waals surface area contributed by atoms with E-state index in [4.69, 9.17) is 18.9 Å². The van der Waals surface area contributed by atoms with E-state index in [2.05, 4.69) is 5.32 Å². The van der Waals surface area contributed by atoms with Crippen LogP contribution in [0.2, 0.25) is 0 Å². The minimum Gasteiger partial charge on any atom is -0.497 e. The van der Waals surface area contributed by atoms with Crippen molar-refractivity contribution in [1.29, 1.82) is 0 Å². The topological polar surface area (TPSA) is 83.1 Å². The number of ether oxygens (including phenoxy) is 4. The molecule has 0 aliphatic carbocycles. The summed E-state index contributed by atoms with van der Waals surface area (Å²) >= 11 is 0. The summed E-state index contributed by atoms with van der Waals surface area (Å²) < 4.78 is 20.9. The molecule has 0 aromatic heterocycles. The van der Waals surface area contributed by atoms with Crippen molar-refractivity contribution in [2.24, 2.45) is 0 Å². The first-order chi connectivity index (χ1) is 13.4. The molecular formula is C21H25NO6. The molecule has 7 nitrogen and oxygen atoms in total. The first kappa shape index (κ1) is 21.1. The van der Waals surface area contributed by atoms with Gasteiger partial charge in [0.1, 0.15) is 17.2 Å². The molecule has 7 heteroatoms. The Hall–Kier alpha value is -3.22. The minimum absolute atomic E-state index is 0.0448. The predicted molar refractivity (Wildman–Crippen MR) is 105 cm³/mol. The summed E-state index contributed by atoms with van der Waals surface area (Å²) in [5.74, 6) is 0.781. The Labute approximate surface area is 164 Å². The average molecular weight is 387 g/mol. The van der Waals surface area contributed by atoms with Crippen LogP contribution in [0.5, 0.6) is 17.2 Å². The van der Waals surface area contributed by atoms with Crippen molar-refractivity contribution in [2.75, 3.05) is 32.8 Å². The summed E-state index contributed by atoms with van der Waals surface area (Å²) in [6.45, 7) is 3.68. The van der Waals surface area contributed by atoms with Crippen LogP contribution in [0.4, 0.5) is 5.69 Å². The van der Waals surface area contributed by atoms with Gasteiger partial charge in [-0.15, -0.1) is 0 Å². The first-order valence-electron chi connectivity index (χ1n) is 8.80. The molecule has 0 radical (unpaired) electrons. The van der Waals surface area contributed by atoms with Gasteiger partial charge in [0.25, 0.3) is 5.91 Å². The van der Waals surface area contributed by atoms with Crippen LogP contribution in [0, 0.1) is 13.8 Å². The molecule has 0 aliphatic heterocycles. The summed E-state index contributed by atoms with van der Waals surface area (Å²) in [6.07, 6.45) is 0.0448. The van der Waals surface area contributed by atoms with Gasteiger partial charge in [-0.1, -0.05) is 12.1 Å². The Morgan fingerprint density at radius 3 is 2.46 bits per heavy atom. The fourth-order valence-corrected chi connectivity index (χ4v) is 2.42. The van der Waals surface area contributed by atoms with Gasteiger partial charge >= 0.3 is 5.97 Å². The number of hydrogen-bond acceptors (Lipinski definition) is 6. The Kier molecular flexibility index (Phi) is 7.68. The van der Waals surface area contributed by atoms with Gasteiger partial charge in [0.15, 0.2) is 6.61 Å². The van der Waals surface area contributed by atoms with Crippen molar-refractivity contribution in [3.8, 4) is 17.2 Å². The molecular weight excluding hydrogens is 362 g/mol. The third-order valence-corrected chi connectivity index (χ3v) is 3.95. The number of anilines is 1. The van der Waals surface area contributed by atoms with Crippen LogP contribution in [0.3, 0.4) is 0 Å². The lowest BCUT2D eigenvalue weighted by Crippen LogP contribution is -2.22. The van der Waals surface area contributed by atoms with E-state index >= 15 is 0 Å². The van der Waals surface area contributed by atoms with Crippen molar-refractivity contribution >= 4 is 17.6 Å². The molecule has 0 aliphatic rings. The van der Waals surface area contributed by atoms with Crippen LogP contribution >= 0.6 is 0 Å². The van der Waals surface area contributed by atoms with Crippen molar-refractivity contribution in [3.05, 3.63) is 47.5 Å². The fourth-order valence-electron chi connectivity index (χ4n) is 2.42. The van der Waals surface area contributed by atoms with E-state index in [-0.39, 0.29) is 13.0 Å². The molecule has 2 rings (SSSR count). The van der Waals surface area contributed by atoms with Crippen LogP contribution in [-0.4, -0.2) is 39.3 Å². The smallest absolute Gasteiger partial charge is 0.309 e. The third-order valence-electron chi connectivity index (χ3n) is 3.95.